The number of nitrogens with two attached hydrogens (primary N) is 1. The highest BCUT2D eigenvalue weighted by Gasteiger charge is 2.24. The van der Waals surface area contributed by atoms with Crippen molar-refractivity contribution in [3.8, 4) is 0 Å². The number of hydrogen-bond acceptors (Lipinski definition) is 5. The van der Waals surface area contributed by atoms with Crippen LogP contribution >= 0.6 is 11.3 Å². The van der Waals surface area contributed by atoms with Crippen LogP contribution in [-0.2, 0) is 9.53 Å². The summed E-state index contributed by atoms with van der Waals surface area (Å²) in [5.74, 6) is -0.368. The van der Waals surface area contributed by atoms with E-state index >= 15 is 0 Å². The monoisotopic (exact) mass is 282 g/mol. The minimum atomic E-state index is -0.532. The Kier molecular flexibility index (Phi) is 4.40. The number of carbonyl (C=O) groups excluding carboxylic acids is 1. The van der Waals surface area contributed by atoms with E-state index in [0.717, 1.165) is 0 Å². The molecule has 0 saturated heterocycles. The predicted octanol–water partition coefficient (Wildman–Crippen LogP) is 3.50. The van der Waals surface area contributed by atoms with Crippen LogP contribution in [-0.4, -0.2) is 16.6 Å². The van der Waals surface area contributed by atoms with Crippen LogP contribution in [0.4, 0.5) is 5.13 Å². The van der Waals surface area contributed by atoms with E-state index in [4.69, 9.17) is 10.5 Å². The lowest BCUT2D eigenvalue weighted by atomic mass is 9.92. The van der Waals surface area contributed by atoms with Gasteiger partial charge >= 0.3 is 5.97 Å². The lowest BCUT2D eigenvalue weighted by molar-refractivity contribution is -0.147. The zero-order valence-electron chi connectivity index (χ0n) is 12.4. The van der Waals surface area contributed by atoms with Gasteiger partial charge in [0.1, 0.15) is 5.60 Å². The molecule has 1 aromatic rings. The summed E-state index contributed by atoms with van der Waals surface area (Å²) < 4.78 is 5.43. The summed E-state index contributed by atoms with van der Waals surface area (Å²) in [6.07, 6.45) is 1.87. The van der Waals surface area contributed by atoms with E-state index in [-0.39, 0.29) is 11.4 Å². The van der Waals surface area contributed by atoms with Gasteiger partial charge in [0, 0.05) is 5.38 Å². The molecule has 0 radical (unpaired) electrons. The number of esters is 1. The van der Waals surface area contributed by atoms with Crippen LogP contribution in [0, 0.1) is 5.41 Å². The molecule has 0 aliphatic rings. The first-order valence-corrected chi connectivity index (χ1v) is 7.03. The van der Waals surface area contributed by atoms with Crippen molar-refractivity contribution >= 4 is 28.0 Å². The molecule has 0 saturated carbocycles. The van der Waals surface area contributed by atoms with Crippen molar-refractivity contribution in [1.82, 2.24) is 4.98 Å². The van der Waals surface area contributed by atoms with Gasteiger partial charge in [-0.3, -0.25) is 0 Å². The number of ether oxygens (including phenoxy) is 1. The molecule has 0 atom stereocenters. The predicted molar refractivity (Wildman–Crippen MR) is 79.8 cm³/mol. The molecule has 2 N–H and O–H groups in total. The van der Waals surface area contributed by atoms with Crippen molar-refractivity contribution < 1.29 is 9.53 Å². The SMILES string of the molecule is CC(C)(C)/C=C(/C(=O)OC(C)(C)C)c1csc(N)n1. The molecule has 0 aromatic carbocycles. The summed E-state index contributed by atoms with van der Waals surface area (Å²) in [6, 6.07) is 0. The summed E-state index contributed by atoms with van der Waals surface area (Å²) in [4.78, 5) is 16.5. The molecule has 0 unspecified atom stereocenters. The fraction of sp³-hybridized carbons (Fsp3) is 0.571. The quantitative estimate of drug-likeness (QED) is 0.666. The van der Waals surface area contributed by atoms with Gasteiger partial charge in [0.15, 0.2) is 5.13 Å². The summed E-state index contributed by atoms with van der Waals surface area (Å²) >= 11 is 1.31. The highest BCUT2D eigenvalue weighted by atomic mass is 32.1. The van der Waals surface area contributed by atoms with Crippen molar-refractivity contribution in [2.24, 2.45) is 5.41 Å². The third kappa shape index (κ3) is 5.42. The average molecular weight is 282 g/mol. The maximum absolute atomic E-state index is 12.3. The van der Waals surface area contributed by atoms with E-state index in [0.29, 0.717) is 16.4 Å². The van der Waals surface area contributed by atoms with Crippen LogP contribution in [0.15, 0.2) is 11.5 Å². The molecule has 0 aliphatic heterocycles. The Morgan fingerprint density at radius 3 is 2.26 bits per heavy atom. The van der Waals surface area contributed by atoms with Crippen LogP contribution in [0.5, 0.6) is 0 Å². The number of anilines is 1. The first-order valence-electron chi connectivity index (χ1n) is 6.15. The second-order valence-electron chi connectivity index (χ2n) is 6.50. The Balaban J connectivity index is 3.15. The molecular formula is C14H22N2O2S. The highest BCUT2D eigenvalue weighted by molar-refractivity contribution is 7.13. The van der Waals surface area contributed by atoms with Crippen LogP contribution in [0.25, 0.3) is 5.57 Å². The molecule has 1 heterocycles. The van der Waals surface area contributed by atoms with Gasteiger partial charge in [-0.15, -0.1) is 11.3 Å². The number of rotatable bonds is 2. The molecule has 0 spiro atoms. The molecular weight excluding hydrogens is 260 g/mol. The number of carbonyl (C=O) groups is 1. The Morgan fingerprint density at radius 2 is 1.89 bits per heavy atom. The molecule has 19 heavy (non-hydrogen) atoms. The summed E-state index contributed by atoms with van der Waals surface area (Å²) in [5, 5.41) is 2.22. The lowest BCUT2D eigenvalue weighted by Gasteiger charge is -2.21. The first-order chi connectivity index (χ1) is 8.48. The van der Waals surface area contributed by atoms with Gasteiger partial charge in [0.05, 0.1) is 11.3 Å². The molecule has 0 aliphatic carbocycles. The van der Waals surface area contributed by atoms with Gasteiger partial charge in [-0.1, -0.05) is 26.8 Å². The van der Waals surface area contributed by atoms with E-state index in [1.54, 1.807) is 5.38 Å². The second-order valence-corrected chi connectivity index (χ2v) is 7.39. The van der Waals surface area contributed by atoms with Gasteiger partial charge in [0.2, 0.25) is 0 Å². The van der Waals surface area contributed by atoms with Crippen molar-refractivity contribution in [2.45, 2.75) is 47.1 Å². The van der Waals surface area contributed by atoms with Crippen LogP contribution in [0.3, 0.4) is 0 Å². The number of aromatic nitrogens is 1. The zero-order valence-corrected chi connectivity index (χ0v) is 13.2. The third-order valence-electron chi connectivity index (χ3n) is 1.99. The zero-order chi connectivity index (χ0) is 14.8. The minimum absolute atomic E-state index is 0.148. The van der Waals surface area contributed by atoms with Crippen LogP contribution in [0.1, 0.15) is 47.2 Å². The molecule has 106 valence electrons. The normalized spacial score (nSPS) is 13.5. The van der Waals surface area contributed by atoms with Gasteiger partial charge < -0.3 is 10.5 Å². The minimum Gasteiger partial charge on any atom is -0.456 e. The maximum atomic E-state index is 12.3. The molecule has 0 fully saturated rings. The number of hydrogen-bond donors (Lipinski definition) is 1. The van der Waals surface area contributed by atoms with E-state index < -0.39 is 5.60 Å². The van der Waals surface area contributed by atoms with Crippen molar-refractivity contribution in [1.29, 1.82) is 0 Å². The summed E-state index contributed by atoms with van der Waals surface area (Å²) in [7, 11) is 0. The van der Waals surface area contributed by atoms with Crippen LogP contribution < -0.4 is 5.73 Å². The first kappa shape index (κ1) is 15.7. The van der Waals surface area contributed by atoms with Gasteiger partial charge in [0.25, 0.3) is 0 Å². The topological polar surface area (TPSA) is 65.2 Å². The standard InChI is InChI=1S/C14H22N2O2S/c1-13(2,3)7-9(10-8-19-12(15)16-10)11(17)18-14(4,5)6/h7-8H,1-6H3,(H2,15,16)/b9-7+. The van der Waals surface area contributed by atoms with Crippen molar-refractivity contribution in [3.63, 3.8) is 0 Å². The summed E-state index contributed by atoms with van der Waals surface area (Å²) in [5.41, 5.74) is 6.00. The molecule has 5 heteroatoms. The maximum Gasteiger partial charge on any atom is 0.340 e. The number of nitrogens with zero attached hydrogens (tertiary/aromatic N) is 1. The fourth-order valence-electron chi connectivity index (χ4n) is 1.41. The van der Waals surface area contributed by atoms with Gasteiger partial charge in [-0.25, -0.2) is 9.78 Å². The molecule has 4 nitrogen and oxygen atoms in total. The molecule has 0 amide bonds. The van der Waals surface area contributed by atoms with Crippen LogP contribution in [0.2, 0.25) is 0 Å². The average Bonchev–Trinajstić information content (AvgIpc) is 2.56. The molecule has 1 aromatic heterocycles. The Labute approximate surface area is 118 Å². The summed E-state index contributed by atoms with van der Waals surface area (Å²) in [6.45, 7) is 11.6. The van der Waals surface area contributed by atoms with Crippen molar-refractivity contribution in [2.75, 3.05) is 5.73 Å². The van der Waals surface area contributed by atoms with Crippen molar-refractivity contribution in [3.05, 3.63) is 17.2 Å². The largest absolute Gasteiger partial charge is 0.456 e. The number of allylic oxidation sites excluding steroid dienone is 1. The smallest absolute Gasteiger partial charge is 0.340 e. The Bertz CT molecular complexity index is 490. The van der Waals surface area contributed by atoms with E-state index in [1.165, 1.54) is 11.3 Å². The second kappa shape index (κ2) is 5.33. The number of nitrogen functional groups attached to an aromatic ring is 1. The highest BCUT2D eigenvalue weighted by Crippen LogP contribution is 2.27. The van der Waals surface area contributed by atoms with Gasteiger partial charge in [-0.05, 0) is 26.2 Å². The third-order valence-corrected chi connectivity index (χ3v) is 2.67. The number of thiazole rings is 1. The van der Waals surface area contributed by atoms with E-state index in [2.05, 4.69) is 4.98 Å². The lowest BCUT2D eigenvalue weighted by Crippen LogP contribution is -2.25. The Morgan fingerprint density at radius 1 is 1.32 bits per heavy atom. The Hall–Kier alpha value is -1.36. The van der Waals surface area contributed by atoms with E-state index in [9.17, 15) is 4.79 Å². The molecule has 0 bridgehead atoms. The molecule has 1 rings (SSSR count). The van der Waals surface area contributed by atoms with Gasteiger partial charge in [-0.2, -0.15) is 0 Å². The van der Waals surface area contributed by atoms with E-state index in [1.807, 2.05) is 47.6 Å². The fourth-order valence-corrected chi connectivity index (χ4v) is 1.98.